The lowest BCUT2D eigenvalue weighted by Crippen LogP contribution is -2.48. The molecule has 0 unspecified atom stereocenters. The molecule has 4 aliphatic carbocycles. The highest BCUT2D eigenvalue weighted by molar-refractivity contribution is 5.36. The first-order valence-electron chi connectivity index (χ1n) is 10.0. The van der Waals surface area contributed by atoms with E-state index in [1.165, 1.54) is 50.5 Å². The van der Waals surface area contributed by atoms with Gasteiger partial charge in [0, 0.05) is 0 Å². The normalized spacial score (nSPS) is 46.8. The fourth-order valence-corrected chi connectivity index (χ4v) is 7.20. The third kappa shape index (κ3) is 1.87. The van der Waals surface area contributed by atoms with Crippen molar-refractivity contribution >= 4 is 0 Å². The zero-order valence-electron chi connectivity index (χ0n) is 15.1. The van der Waals surface area contributed by atoms with Crippen LogP contribution in [0.2, 0.25) is 0 Å². The first kappa shape index (κ1) is 15.0. The summed E-state index contributed by atoms with van der Waals surface area (Å²) in [4.78, 5) is 0. The lowest BCUT2D eigenvalue weighted by molar-refractivity contribution is -0.00226. The Balaban J connectivity index is 1.52. The van der Waals surface area contributed by atoms with Gasteiger partial charge in [-0.2, -0.15) is 0 Å². The zero-order chi connectivity index (χ0) is 16.4. The molecule has 1 heteroatoms. The van der Waals surface area contributed by atoms with Crippen molar-refractivity contribution in [2.45, 2.75) is 64.7 Å². The molecule has 6 atom stereocenters. The van der Waals surface area contributed by atoms with Gasteiger partial charge < -0.3 is 4.42 Å². The number of furan rings is 1. The molecular formula is C23H30O. The summed E-state index contributed by atoms with van der Waals surface area (Å²) in [6.45, 7) is 5.16. The van der Waals surface area contributed by atoms with Gasteiger partial charge in [0.25, 0.3) is 0 Å². The second kappa shape index (κ2) is 5.13. The Morgan fingerprint density at radius 1 is 1.08 bits per heavy atom. The second-order valence-electron chi connectivity index (χ2n) is 9.35. The van der Waals surface area contributed by atoms with Gasteiger partial charge in [-0.05, 0) is 96.7 Å². The van der Waals surface area contributed by atoms with Crippen LogP contribution in [0.25, 0.3) is 0 Å². The molecule has 1 aromatic heterocycles. The van der Waals surface area contributed by atoms with Crippen LogP contribution in [0.1, 0.15) is 70.3 Å². The molecule has 5 rings (SSSR count). The molecule has 0 spiro atoms. The molecule has 0 radical (unpaired) electrons. The minimum Gasteiger partial charge on any atom is -0.472 e. The van der Waals surface area contributed by atoms with E-state index in [4.69, 9.17) is 4.42 Å². The van der Waals surface area contributed by atoms with Crippen LogP contribution in [0.4, 0.5) is 0 Å². The van der Waals surface area contributed by atoms with Crippen LogP contribution in [0.5, 0.6) is 0 Å². The third-order valence-corrected chi connectivity index (χ3v) is 8.52. The summed E-state index contributed by atoms with van der Waals surface area (Å²) in [6.07, 6.45) is 21.1. The maximum absolute atomic E-state index is 5.42. The summed E-state index contributed by atoms with van der Waals surface area (Å²) in [7, 11) is 0. The molecule has 4 aliphatic rings. The highest BCUT2D eigenvalue weighted by atomic mass is 16.3. The van der Waals surface area contributed by atoms with Crippen LogP contribution in [0.3, 0.4) is 0 Å². The number of allylic oxidation sites excluding steroid dienone is 4. The van der Waals surface area contributed by atoms with Crippen LogP contribution in [-0.2, 0) is 0 Å². The molecule has 0 aromatic carbocycles. The highest BCUT2D eigenvalue weighted by Gasteiger charge is 2.57. The molecule has 1 aromatic rings. The molecule has 128 valence electrons. The number of hydrogen-bond acceptors (Lipinski definition) is 1. The molecule has 0 amide bonds. The number of fused-ring (bicyclic) bond motifs is 5. The quantitative estimate of drug-likeness (QED) is 0.576. The molecule has 2 saturated carbocycles. The van der Waals surface area contributed by atoms with Gasteiger partial charge in [-0.25, -0.2) is 0 Å². The molecule has 1 heterocycles. The van der Waals surface area contributed by atoms with Crippen molar-refractivity contribution in [3.05, 3.63) is 48.0 Å². The standard InChI is InChI=1S/C23H30O/c1-22-12-4-3-5-17(22)6-7-18-20-9-8-19(16-11-14-24-15-16)23(20,2)13-10-21(18)22/h5-7,11,14-15,18-21H,3-4,8-10,12-13H2,1-2H3/t18-,19+,20+,21-,22-,23+/m0/s1. The van der Waals surface area contributed by atoms with Gasteiger partial charge in [-0.15, -0.1) is 0 Å². The van der Waals surface area contributed by atoms with E-state index in [-0.39, 0.29) is 0 Å². The van der Waals surface area contributed by atoms with E-state index < -0.39 is 0 Å². The Bertz CT molecular complexity index is 681. The van der Waals surface area contributed by atoms with Gasteiger partial charge in [0.05, 0.1) is 12.5 Å². The molecule has 2 fully saturated rings. The average molecular weight is 322 g/mol. The molecule has 0 bridgehead atoms. The van der Waals surface area contributed by atoms with Gasteiger partial charge in [-0.1, -0.05) is 32.1 Å². The predicted molar refractivity (Wildman–Crippen MR) is 97.7 cm³/mol. The van der Waals surface area contributed by atoms with Crippen LogP contribution in [-0.4, -0.2) is 0 Å². The lowest BCUT2D eigenvalue weighted by atomic mass is 9.48. The topological polar surface area (TPSA) is 13.1 Å². The van der Waals surface area contributed by atoms with Crippen molar-refractivity contribution in [2.24, 2.45) is 28.6 Å². The maximum Gasteiger partial charge on any atom is 0.0937 e. The zero-order valence-corrected chi connectivity index (χ0v) is 15.1. The maximum atomic E-state index is 5.42. The van der Waals surface area contributed by atoms with Gasteiger partial charge in [0.2, 0.25) is 0 Å². The Hall–Kier alpha value is -1.24. The smallest absolute Gasteiger partial charge is 0.0937 e. The van der Waals surface area contributed by atoms with E-state index in [2.05, 4.69) is 38.1 Å². The minimum absolute atomic E-state index is 0.451. The van der Waals surface area contributed by atoms with Gasteiger partial charge in [0.15, 0.2) is 0 Å². The molecule has 24 heavy (non-hydrogen) atoms. The predicted octanol–water partition coefficient (Wildman–Crippen LogP) is 6.49. The Morgan fingerprint density at radius 2 is 2.00 bits per heavy atom. The van der Waals surface area contributed by atoms with Gasteiger partial charge in [0.1, 0.15) is 0 Å². The Morgan fingerprint density at radius 3 is 2.83 bits per heavy atom. The molecule has 0 N–H and O–H groups in total. The highest BCUT2D eigenvalue weighted by Crippen LogP contribution is 2.67. The first-order chi connectivity index (χ1) is 11.6. The third-order valence-electron chi connectivity index (χ3n) is 8.52. The monoisotopic (exact) mass is 322 g/mol. The van der Waals surface area contributed by atoms with E-state index in [1.54, 1.807) is 5.57 Å². The summed E-state index contributed by atoms with van der Waals surface area (Å²) in [5.74, 6) is 3.22. The average Bonchev–Trinajstić information content (AvgIpc) is 3.20. The fourth-order valence-electron chi connectivity index (χ4n) is 7.20. The molecule has 1 nitrogen and oxygen atoms in total. The largest absolute Gasteiger partial charge is 0.472 e. The lowest BCUT2D eigenvalue weighted by Gasteiger charge is -2.56. The van der Waals surface area contributed by atoms with Crippen molar-refractivity contribution in [1.29, 1.82) is 0 Å². The summed E-state index contributed by atoms with van der Waals surface area (Å²) in [6, 6.07) is 2.21. The molecule has 0 aliphatic heterocycles. The fraction of sp³-hybridized carbons (Fsp3) is 0.652. The van der Waals surface area contributed by atoms with E-state index >= 15 is 0 Å². The Kier molecular flexibility index (Phi) is 3.22. The minimum atomic E-state index is 0.451. The summed E-state index contributed by atoms with van der Waals surface area (Å²) in [5.41, 5.74) is 4.01. The van der Waals surface area contributed by atoms with Crippen molar-refractivity contribution in [3.63, 3.8) is 0 Å². The van der Waals surface area contributed by atoms with Crippen molar-refractivity contribution in [1.82, 2.24) is 0 Å². The van der Waals surface area contributed by atoms with Crippen molar-refractivity contribution in [2.75, 3.05) is 0 Å². The van der Waals surface area contributed by atoms with Gasteiger partial charge in [-0.3, -0.25) is 0 Å². The molecular weight excluding hydrogens is 292 g/mol. The van der Waals surface area contributed by atoms with Crippen molar-refractivity contribution < 1.29 is 4.42 Å². The first-order valence-corrected chi connectivity index (χ1v) is 10.0. The van der Waals surface area contributed by atoms with Crippen LogP contribution in [0, 0.1) is 28.6 Å². The van der Waals surface area contributed by atoms with E-state index in [9.17, 15) is 0 Å². The van der Waals surface area contributed by atoms with E-state index in [0.717, 1.165) is 17.8 Å². The van der Waals surface area contributed by atoms with Crippen molar-refractivity contribution in [3.8, 4) is 0 Å². The van der Waals surface area contributed by atoms with Crippen LogP contribution >= 0.6 is 0 Å². The summed E-state index contributed by atoms with van der Waals surface area (Å²) in [5, 5.41) is 0. The summed E-state index contributed by atoms with van der Waals surface area (Å²) < 4.78 is 5.42. The SMILES string of the molecule is C[C@]12CC[C@H]3[C@@H](C=CC4=CCCC[C@@]43C)[C@H]1CC[C@@H]2c1ccoc1. The number of hydrogen-bond donors (Lipinski definition) is 0. The molecule has 0 saturated heterocycles. The summed E-state index contributed by atoms with van der Waals surface area (Å²) >= 11 is 0. The van der Waals surface area contributed by atoms with E-state index in [0.29, 0.717) is 16.7 Å². The Labute approximate surface area is 146 Å². The number of rotatable bonds is 1. The van der Waals surface area contributed by atoms with Crippen LogP contribution < -0.4 is 0 Å². The van der Waals surface area contributed by atoms with Gasteiger partial charge >= 0.3 is 0 Å². The van der Waals surface area contributed by atoms with E-state index in [1.807, 2.05) is 12.5 Å². The second-order valence-corrected chi connectivity index (χ2v) is 9.35. The van der Waals surface area contributed by atoms with Crippen LogP contribution in [0.15, 0.2) is 46.8 Å².